The van der Waals surface area contributed by atoms with Crippen LogP contribution in [0.15, 0.2) is 18.2 Å². The van der Waals surface area contributed by atoms with E-state index >= 15 is 0 Å². The number of nitrogens with one attached hydrogen (secondary N) is 1. The average molecular weight is 346 g/mol. The number of nitrogens with zero attached hydrogens (tertiary/aromatic N) is 3. The molecule has 2 rings (SSSR count). The van der Waals surface area contributed by atoms with Crippen LogP contribution in [-0.4, -0.2) is 49.6 Å². The van der Waals surface area contributed by atoms with E-state index in [9.17, 15) is 9.18 Å². The van der Waals surface area contributed by atoms with Crippen LogP contribution in [0, 0.1) is 23.1 Å². The minimum atomic E-state index is -0.459. The smallest absolute Gasteiger partial charge is 0.317 e. The third-order valence-corrected chi connectivity index (χ3v) is 4.73. The van der Waals surface area contributed by atoms with Crippen LogP contribution in [0.1, 0.15) is 36.8 Å². The van der Waals surface area contributed by atoms with Crippen molar-refractivity contribution in [3.8, 4) is 6.07 Å². The second-order valence-electron chi connectivity index (χ2n) is 6.95. The molecule has 1 saturated heterocycles. The van der Waals surface area contributed by atoms with E-state index in [4.69, 9.17) is 5.26 Å². The first-order valence-electron chi connectivity index (χ1n) is 8.85. The maximum absolute atomic E-state index is 13.8. The predicted octanol–water partition coefficient (Wildman–Crippen LogP) is 2.96. The molecule has 5 nitrogen and oxygen atoms in total. The van der Waals surface area contributed by atoms with Gasteiger partial charge in [-0.15, -0.1) is 0 Å². The number of halogens is 1. The van der Waals surface area contributed by atoms with Crippen molar-refractivity contribution in [1.82, 2.24) is 15.1 Å². The Morgan fingerprint density at radius 1 is 1.40 bits per heavy atom. The van der Waals surface area contributed by atoms with Crippen molar-refractivity contribution in [1.29, 1.82) is 5.26 Å². The maximum Gasteiger partial charge on any atom is 0.317 e. The molecule has 0 saturated carbocycles. The maximum atomic E-state index is 13.8. The van der Waals surface area contributed by atoms with Gasteiger partial charge in [0.1, 0.15) is 5.82 Å². The molecule has 1 aliphatic rings. The van der Waals surface area contributed by atoms with Crippen LogP contribution in [0.25, 0.3) is 0 Å². The fourth-order valence-electron chi connectivity index (χ4n) is 3.16. The van der Waals surface area contributed by atoms with Gasteiger partial charge in [0.2, 0.25) is 0 Å². The highest BCUT2D eigenvalue weighted by Crippen LogP contribution is 2.22. The normalized spacial score (nSPS) is 15.2. The fourth-order valence-corrected chi connectivity index (χ4v) is 3.16. The van der Waals surface area contributed by atoms with Gasteiger partial charge in [-0.3, -0.25) is 0 Å². The van der Waals surface area contributed by atoms with E-state index in [0.717, 1.165) is 32.5 Å². The van der Waals surface area contributed by atoms with Crippen LogP contribution in [-0.2, 0) is 6.54 Å². The molecule has 136 valence electrons. The van der Waals surface area contributed by atoms with Gasteiger partial charge in [0, 0.05) is 25.2 Å². The molecule has 0 unspecified atom stereocenters. The predicted molar refractivity (Wildman–Crippen MR) is 95.4 cm³/mol. The first-order valence-corrected chi connectivity index (χ1v) is 8.85. The van der Waals surface area contributed by atoms with Crippen molar-refractivity contribution in [2.45, 2.75) is 32.2 Å². The molecule has 0 bridgehead atoms. The third kappa shape index (κ3) is 6.02. The number of urea groups is 1. The zero-order chi connectivity index (χ0) is 18.2. The van der Waals surface area contributed by atoms with Gasteiger partial charge in [-0.05, 0) is 64.4 Å². The first kappa shape index (κ1) is 19.2. The molecule has 0 aromatic heterocycles. The van der Waals surface area contributed by atoms with E-state index in [1.807, 2.05) is 11.0 Å². The summed E-state index contributed by atoms with van der Waals surface area (Å²) in [6.45, 7) is 2.76. The summed E-state index contributed by atoms with van der Waals surface area (Å²) < 4.78 is 13.8. The van der Waals surface area contributed by atoms with Crippen LogP contribution in [0.3, 0.4) is 0 Å². The number of piperidine rings is 1. The van der Waals surface area contributed by atoms with Crippen molar-refractivity contribution in [3.05, 3.63) is 35.1 Å². The lowest BCUT2D eigenvalue weighted by molar-refractivity contribution is 0.166. The average Bonchev–Trinajstić information content (AvgIpc) is 2.60. The largest absolute Gasteiger partial charge is 0.334 e. The molecule has 0 spiro atoms. The van der Waals surface area contributed by atoms with E-state index in [-0.39, 0.29) is 18.1 Å². The lowest BCUT2D eigenvalue weighted by Crippen LogP contribution is -2.44. The van der Waals surface area contributed by atoms with Crippen LogP contribution in [0.4, 0.5) is 9.18 Å². The van der Waals surface area contributed by atoms with Gasteiger partial charge < -0.3 is 15.1 Å². The Labute approximate surface area is 149 Å². The summed E-state index contributed by atoms with van der Waals surface area (Å²) in [5.41, 5.74) is 0.676. The van der Waals surface area contributed by atoms with Gasteiger partial charge >= 0.3 is 6.03 Å². The molecule has 1 aromatic carbocycles. The summed E-state index contributed by atoms with van der Waals surface area (Å²) in [4.78, 5) is 16.3. The Balaban J connectivity index is 1.73. The summed E-state index contributed by atoms with van der Waals surface area (Å²) in [5.74, 6) is 0.235. The first-order chi connectivity index (χ1) is 12.0. The summed E-state index contributed by atoms with van der Waals surface area (Å²) in [5, 5.41) is 11.5. The molecule has 25 heavy (non-hydrogen) atoms. The van der Waals surface area contributed by atoms with Crippen molar-refractivity contribution in [2.24, 2.45) is 5.92 Å². The molecule has 1 aromatic rings. The SMILES string of the molecule is CN(C)CCCC1CCN(C(=O)NCc2ccc(C#N)cc2F)CC1. The number of hydrogen-bond acceptors (Lipinski definition) is 3. The molecule has 0 aliphatic carbocycles. The Hall–Kier alpha value is -2.13. The number of carbonyl (C=O) groups excluding carboxylic acids is 1. The van der Waals surface area contributed by atoms with Crippen molar-refractivity contribution in [2.75, 3.05) is 33.7 Å². The quantitative estimate of drug-likeness (QED) is 0.861. The van der Waals surface area contributed by atoms with E-state index in [1.54, 1.807) is 12.1 Å². The molecule has 2 amide bonds. The highest BCUT2D eigenvalue weighted by atomic mass is 19.1. The van der Waals surface area contributed by atoms with Gasteiger partial charge in [0.25, 0.3) is 0 Å². The highest BCUT2D eigenvalue weighted by Gasteiger charge is 2.22. The van der Waals surface area contributed by atoms with Crippen molar-refractivity contribution < 1.29 is 9.18 Å². The van der Waals surface area contributed by atoms with Gasteiger partial charge in [0.05, 0.1) is 11.6 Å². The van der Waals surface area contributed by atoms with Crippen LogP contribution in [0.2, 0.25) is 0 Å². The van der Waals surface area contributed by atoms with Gasteiger partial charge in [-0.25, -0.2) is 9.18 Å². The molecule has 1 N–H and O–H groups in total. The van der Waals surface area contributed by atoms with Crippen LogP contribution >= 0.6 is 0 Å². The number of rotatable bonds is 6. The number of amides is 2. The van der Waals surface area contributed by atoms with Crippen LogP contribution < -0.4 is 5.32 Å². The van der Waals surface area contributed by atoms with E-state index in [1.165, 1.54) is 18.9 Å². The molecular formula is C19H27FN4O. The Kier molecular flexibility index (Phi) is 7.20. The minimum absolute atomic E-state index is 0.138. The zero-order valence-electron chi connectivity index (χ0n) is 15.1. The van der Waals surface area contributed by atoms with Crippen molar-refractivity contribution >= 4 is 6.03 Å². The molecule has 0 radical (unpaired) electrons. The number of likely N-dealkylation sites (tertiary alicyclic amines) is 1. The monoisotopic (exact) mass is 346 g/mol. The summed E-state index contributed by atoms with van der Waals surface area (Å²) in [7, 11) is 4.17. The lowest BCUT2D eigenvalue weighted by atomic mass is 9.92. The van der Waals surface area contributed by atoms with Crippen LogP contribution in [0.5, 0.6) is 0 Å². The van der Waals surface area contributed by atoms with E-state index < -0.39 is 5.82 Å². The Morgan fingerprint density at radius 2 is 2.12 bits per heavy atom. The Morgan fingerprint density at radius 3 is 2.72 bits per heavy atom. The molecule has 6 heteroatoms. The topological polar surface area (TPSA) is 59.4 Å². The van der Waals surface area contributed by atoms with E-state index in [2.05, 4.69) is 24.3 Å². The molecule has 1 fully saturated rings. The van der Waals surface area contributed by atoms with Crippen molar-refractivity contribution in [3.63, 3.8) is 0 Å². The van der Waals surface area contributed by atoms with E-state index in [0.29, 0.717) is 11.5 Å². The summed E-state index contributed by atoms with van der Waals surface area (Å²) in [6.07, 6.45) is 4.48. The number of nitriles is 1. The molecule has 1 heterocycles. The highest BCUT2D eigenvalue weighted by molar-refractivity contribution is 5.74. The lowest BCUT2D eigenvalue weighted by Gasteiger charge is -2.32. The fraction of sp³-hybridized carbons (Fsp3) is 0.579. The number of benzene rings is 1. The summed E-state index contributed by atoms with van der Waals surface area (Å²) in [6, 6.07) is 6.06. The van der Waals surface area contributed by atoms with Gasteiger partial charge in [-0.1, -0.05) is 6.07 Å². The molecule has 0 atom stereocenters. The second kappa shape index (κ2) is 9.38. The number of carbonyl (C=O) groups is 1. The second-order valence-corrected chi connectivity index (χ2v) is 6.95. The minimum Gasteiger partial charge on any atom is -0.334 e. The third-order valence-electron chi connectivity index (χ3n) is 4.73. The van der Waals surface area contributed by atoms with Gasteiger partial charge in [-0.2, -0.15) is 5.26 Å². The standard InChI is InChI=1S/C19H27FN4O/c1-23(2)9-3-4-15-7-10-24(11-8-15)19(25)22-14-17-6-5-16(13-21)12-18(17)20/h5-6,12,15H,3-4,7-11,14H2,1-2H3,(H,22,25). The van der Waals surface area contributed by atoms with Gasteiger partial charge in [0.15, 0.2) is 0 Å². The number of hydrogen-bond donors (Lipinski definition) is 1. The molecule has 1 aliphatic heterocycles. The molecular weight excluding hydrogens is 319 g/mol. The summed E-state index contributed by atoms with van der Waals surface area (Å²) >= 11 is 0. The Bertz CT molecular complexity index is 618. The zero-order valence-corrected chi connectivity index (χ0v) is 15.1.